The van der Waals surface area contributed by atoms with Gasteiger partial charge in [0.2, 0.25) is 0 Å². The van der Waals surface area contributed by atoms with Crippen LogP contribution in [0.25, 0.3) is 0 Å². The molecule has 4 aliphatic rings. The maximum Gasteiger partial charge on any atom is 0.190 e. The number of aliphatic hydroxyl groups excluding tert-OH is 2. The summed E-state index contributed by atoms with van der Waals surface area (Å²) in [6, 6.07) is 0. The van der Waals surface area contributed by atoms with E-state index in [2.05, 4.69) is 13.8 Å². The van der Waals surface area contributed by atoms with Crippen molar-refractivity contribution in [2.24, 2.45) is 40.4 Å². The zero-order valence-corrected chi connectivity index (χ0v) is 16.6. The van der Waals surface area contributed by atoms with Crippen molar-refractivity contribution in [3.05, 3.63) is 0 Å². The highest BCUT2D eigenvalue weighted by Crippen LogP contribution is 2.69. The van der Waals surface area contributed by atoms with E-state index in [9.17, 15) is 20.1 Å². The van der Waals surface area contributed by atoms with Crippen LogP contribution in [0.15, 0.2) is 0 Å². The fraction of sp³-hybridized carbons (Fsp3) is 0.955. The van der Waals surface area contributed by atoms with Gasteiger partial charge >= 0.3 is 0 Å². The number of carbonyl (C=O) groups excluding carboxylic acids is 1. The third-order valence-corrected chi connectivity index (χ3v) is 9.79. The molecule has 4 fully saturated rings. The Morgan fingerprint density at radius 1 is 1.04 bits per heavy atom. The van der Waals surface area contributed by atoms with Crippen molar-refractivity contribution in [2.45, 2.75) is 83.8 Å². The van der Waals surface area contributed by atoms with Gasteiger partial charge in [-0.05, 0) is 86.4 Å². The van der Waals surface area contributed by atoms with Crippen LogP contribution in [0.2, 0.25) is 0 Å². The zero-order valence-electron chi connectivity index (χ0n) is 16.6. The molecule has 0 spiro atoms. The fourth-order valence-corrected chi connectivity index (χ4v) is 8.29. The summed E-state index contributed by atoms with van der Waals surface area (Å²) in [5.41, 5.74) is -1.49. The summed E-state index contributed by atoms with van der Waals surface area (Å²) in [5, 5.41) is 31.1. The van der Waals surface area contributed by atoms with Crippen LogP contribution < -0.4 is 0 Å². The molecule has 0 aromatic carbocycles. The topological polar surface area (TPSA) is 77.8 Å². The van der Waals surface area contributed by atoms with Crippen molar-refractivity contribution in [3.8, 4) is 0 Å². The Balaban J connectivity index is 1.67. The van der Waals surface area contributed by atoms with Crippen LogP contribution in [-0.2, 0) is 4.79 Å². The van der Waals surface area contributed by atoms with Crippen molar-refractivity contribution < 1.29 is 20.1 Å². The standard InChI is InChI=1S/C22H36O4/c1-13-10-18-16-5-4-14-11-15(24)6-8-20(14,2)17(16)7-9-21(18,3)22(13,26)19(25)12-23/h13-18,23-24,26H,4-12H2,1-3H3/t13-,14-,15-,16-,17-,18-,20+,21+,22+/m1/s1. The highest BCUT2D eigenvalue weighted by molar-refractivity contribution is 5.89. The molecule has 0 radical (unpaired) electrons. The summed E-state index contributed by atoms with van der Waals surface area (Å²) in [6.45, 7) is 6.00. The summed E-state index contributed by atoms with van der Waals surface area (Å²) >= 11 is 0. The van der Waals surface area contributed by atoms with E-state index in [0.717, 1.165) is 44.9 Å². The SMILES string of the molecule is C[C@@H]1C[C@@H]2[C@@H]3CC[C@@H]4C[C@H](O)CC[C@]4(C)[C@@H]3CC[C@]2(C)[C@@]1(O)C(=O)CO. The third kappa shape index (κ3) is 2.21. The quantitative estimate of drug-likeness (QED) is 0.704. The Labute approximate surface area is 157 Å². The summed E-state index contributed by atoms with van der Waals surface area (Å²) in [6.07, 6.45) is 8.01. The Morgan fingerprint density at radius 2 is 1.77 bits per heavy atom. The molecule has 148 valence electrons. The molecular formula is C22H36O4. The van der Waals surface area contributed by atoms with Crippen molar-refractivity contribution in [1.82, 2.24) is 0 Å². The fourth-order valence-electron chi connectivity index (χ4n) is 8.29. The molecule has 3 N–H and O–H groups in total. The zero-order chi connectivity index (χ0) is 18.9. The number of rotatable bonds is 2. The Hall–Kier alpha value is -0.450. The van der Waals surface area contributed by atoms with Crippen LogP contribution in [0, 0.1) is 40.4 Å². The minimum absolute atomic E-state index is 0.0883. The molecule has 4 rings (SSSR count). The molecule has 9 atom stereocenters. The van der Waals surface area contributed by atoms with Gasteiger partial charge in [-0.15, -0.1) is 0 Å². The maximum atomic E-state index is 12.6. The summed E-state index contributed by atoms with van der Waals surface area (Å²) in [5.74, 6) is 1.72. The molecule has 4 saturated carbocycles. The Kier molecular flexibility index (Phi) is 4.38. The summed E-state index contributed by atoms with van der Waals surface area (Å²) in [7, 11) is 0. The van der Waals surface area contributed by atoms with Crippen molar-refractivity contribution in [1.29, 1.82) is 0 Å². The van der Waals surface area contributed by atoms with E-state index in [4.69, 9.17) is 0 Å². The number of fused-ring (bicyclic) bond motifs is 5. The van der Waals surface area contributed by atoms with Gasteiger partial charge in [-0.3, -0.25) is 4.79 Å². The Bertz CT molecular complexity index is 591. The molecule has 26 heavy (non-hydrogen) atoms. The lowest BCUT2D eigenvalue weighted by Crippen LogP contribution is -2.60. The van der Waals surface area contributed by atoms with Gasteiger partial charge < -0.3 is 15.3 Å². The molecule has 0 aromatic heterocycles. The molecule has 0 bridgehead atoms. The third-order valence-electron chi connectivity index (χ3n) is 9.79. The first-order valence-electron chi connectivity index (χ1n) is 10.7. The minimum Gasteiger partial charge on any atom is -0.393 e. The molecule has 0 unspecified atom stereocenters. The van der Waals surface area contributed by atoms with Crippen molar-refractivity contribution >= 4 is 5.78 Å². The van der Waals surface area contributed by atoms with E-state index in [1.807, 2.05) is 6.92 Å². The molecule has 4 heteroatoms. The van der Waals surface area contributed by atoms with Gasteiger partial charge in [0.15, 0.2) is 5.78 Å². The number of hydrogen-bond acceptors (Lipinski definition) is 4. The highest BCUT2D eigenvalue weighted by atomic mass is 16.3. The van der Waals surface area contributed by atoms with Crippen LogP contribution in [0.3, 0.4) is 0 Å². The van der Waals surface area contributed by atoms with Gasteiger partial charge in [0.05, 0.1) is 6.10 Å². The van der Waals surface area contributed by atoms with Crippen molar-refractivity contribution in [3.63, 3.8) is 0 Å². The van der Waals surface area contributed by atoms with Crippen LogP contribution in [0.4, 0.5) is 0 Å². The largest absolute Gasteiger partial charge is 0.393 e. The van der Waals surface area contributed by atoms with E-state index in [1.165, 1.54) is 6.42 Å². The molecule has 4 nitrogen and oxygen atoms in total. The predicted molar refractivity (Wildman–Crippen MR) is 99.3 cm³/mol. The van der Waals surface area contributed by atoms with Crippen LogP contribution in [-0.4, -0.2) is 39.4 Å². The lowest BCUT2D eigenvalue weighted by molar-refractivity contribution is -0.178. The van der Waals surface area contributed by atoms with E-state index >= 15 is 0 Å². The Morgan fingerprint density at radius 3 is 2.46 bits per heavy atom. The first kappa shape index (κ1) is 18.9. The number of aliphatic hydroxyl groups is 3. The van der Waals surface area contributed by atoms with E-state index in [-0.39, 0.29) is 17.8 Å². The molecular weight excluding hydrogens is 328 g/mol. The number of carbonyl (C=O) groups is 1. The average molecular weight is 365 g/mol. The lowest BCUT2D eigenvalue weighted by Gasteiger charge is -2.61. The second kappa shape index (κ2) is 6.02. The molecule has 4 aliphatic carbocycles. The summed E-state index contributed by atoms with van der Waals surface area (Å²) < 4.78 is 0. The number of ketones is 1. The number of Topliss-reactive ketones (excluding diaryl/α,β-unsaturated/α-hetero) is 1. The normalized spacial score (nSPS) is 56.4. The second-order valence-electron chi connectivity index (χ2n) is 10.5. The average Bonchev–Trinajstić information content (AvgIpc) is 2.83. The van der Waals surface area contributed by atoms with Gasteiger partial charge in [0.25, 0.3) is 0 Å². The minimum atomic E-state index is -1.38. The first-order valence-corrected chi connectivity index (χ1v) is 10.7. The smallest absolute Gasteiger partial charge is 0.190 e. The molecule has 0 aliphatic heterocycles. The maximum absolute atomic E-state index is 12.6. The van der Waals surface area contributed by atoms with Gasteiger partial charge in [-0.25, -0.2) is 0 Å². The summed E-state index contributed by atoms with van der Waals surface area (Å²) in [4.78, 5) is 12.6. The molecule has 0 amide bonds. The predicted octanol–water partition coefficient (Wildman–Crippen LogP) is 2.93. The van der Waals surface area contributed by atoms with E-state index < -0.39 is 17.6 Å². The van der Waals surface area contributed by atoms with Crippen LogP contribution in [0.5, 0.6) is 0 Å². The van der Waals surface area contributed by atoms with Gasteiger partial charge in [-0.2, -0.15) is 0 Å². The van der Waals surface area contributed by atoms with Gasteiger partial charge in [0, 0.05) is 5.41 Å². The highest BCUT2D eigenvalue weighted by Gasteiger charge is 2.68. The number of hydrogen-bond donors (Lipinski definition) is 3. The van der Waals surface area contributed by atoms with Crippen molar-refractivity contribution in [2.75, 3.05) is 6.61 Å². The molecule has 0 heterocycles. The van der Waals surface area contributed by atoms with Crippen LogP contribution in [0.1, 0.15) is 72.1 Å². The van der Waals surface area contributed by atoms with Gasteiger partial charge in [-0.1, -0.05) is 20.8 Å². The van der Waals surface area contributed by atoms with E-state index in [0.29, 0.717) is 29.1 Å². The lowest BCUT2D eigenvalue weighted by atomic mass is 9.44. The monoisotopic (exact) mass is 364 g/mol. The molecule has 0 aromatic rings. The molecule has 0 saturated heterocycles. The van der Waals surface area contributed by atoms with E-state index in [1.54, 1.807) is 0 Å². The van der Waals surface area contributed by atoms with Gasteiger partial charge in [0.1, 0.15) is 12.2 Å². The second-order valence-corrected chi connectivity index (χ2v) is 10.5. The first-order chi connectivity index (χ1) is 12.2. The van der Waals surface area contributed by atoms with Crippen LogP contribution >= 0.6 is 0 Å².